The second-order valence-electron chi connectivity index (χ2n) is 5.49. The van der Waals surface area contributed by atoms with Crippen molar-refractivity contribution in [1.82, 2.24) is 19.7 Å². The largest absolute Gasteiger partial charge is 0.437 e. The van der Waals surface area contributed by atoms with Crippen molar-refractivity contribution in [2.45, 2.75) is 25.1 Å². The lowest BCUT2D eigenvalue weighted by atomic mass is 9.91. The van der Waals surface area contributed by atoms with Crippen LogP contribution in [-0.2, 0) is 0 Å². The SMILES string of the molecule is Nc1ncnc2c1c(Oc1cccc(F)c1)nn2[C@H]1C[C@H](F)C1. The molecule has 0 amide bonds. The number of benzene rings is 1. The number of nitrogen functional groups attached to an aromatic ring is 1. The first-order valence-corrected chi connectivity index (χ1v) is 7.18. The van der Waals surface area contributed by atoms with E-state index in [0.29, 0.717) is 23.9 Å². The molecule has 23 heavy (non-hydrogen) atoms. The molecule has 0 unspecified atom stereocenters. The van der Waals surface area contributed by atoms with E-state index < -0.39 is 12.0 Å². The maximum atomic E-state index is 13.3. The summed E-state index contributed by atoms with van der Waals surface area (Å²) in [7, 11) is 0. The van der Waals surface area contributed by atoms with Crippen molar-refractivity contribution in [3.63, 3.8) is 0 Å². The average Bonchev–Trinajstić information content (AvgIpc) is 2.84. The number of nitrogens with two attached hydrogens (primary N) is 1. The van der Waals surface area contributed by atoms with Crippen molar-refractivity contribution in [3.05, 3.63) is 36.4 Å². The molecule has 1 aliphatic rings. The summed E-state index contributed by atoms with van der Waals surface area (Å²) >= 11 is 0. The summed E-state index contributed by atoms with van der Waals surface area (Å²) in [4.78, 5) is 8.13. The molecule has 8 heteroatoms. The van der Waals surface area contributed by atoms with Crippen LogP contribution in [0.1, 0.15) is 18.9 Å². The molecule has 1 saturated carbocycles. The first-order chi connectivity index (χ1) is 11.1. The molecule has 0 radical (unpaired) electrons. The number of hydrogen-bond acceptors (Lipinski definition) is 5. The van der Waals surface area contributed by atoms with Gasteiger partial charge in [-0.25, -0.2) is 23.4 Å². The first kappa shape index (κ1) is 13.9. The van der Waals surface area contributed by atoms with E-state index in [4.69, 9.17) is 10.5 Å². The summed E-state index contributed by atoms with van der Waals surface area (Å²) in [5, 5.41) is 4.80. The van der Waals surface area contributed by atoms with E-state index in [0.717, 1.165) is 0 Å². The lowest BCUT2D eigenvalue weighted by molar-refractivity contribution is 0.129. The Hall–Kier alpha value is -2.77. The van der Waals surface area contributed by atoms with Crippen LogP contribution in [0.4, 0.5) is 14.6 Å². The maximum Gasteiger partial charge on any atom is 0.251 e. The third-order valence-corrected chi connectivity index (χ3v) is 3.90. The van der Waals surface area contributed by atoms with Gasteiger partial charge in [-0.2, -0.15) is 0 Å². The Morgan fingerprint density at radius 3 is 2.83 bits per heavy atom. The van der Waals surface area contributed by atoms with Crippen molar-refractivity contribution in [1.29, 1.82) is 0 Å². The van der Waals surface area contributed by atoms with Gasteiger partial charge < -0.3 is 10.5 Å². The summed E-state index contributed by atoms with van der Waals surface area (Å²) in [5.74, 6) is 0.265. The normalized spacial score (nSPS) is 20.4. The van der Waals surface area contributed by atoms with Crippen molar-refractivity contribution in [3.8, 4) is 11.6 Å². The molecule has 1 aliphatic carbocycles. The molecule has 1 aromatic carbocycles. The molecular formula is C15H13F2N5O. The number of anilines is 1. The zero-order valence-electron chi connectivity index (χ0n) is 12.0. The van der Waals surface area contributed by atoms with E-state index in [1.54, 1.807) is 10.7 Å². The van der Waals surface area contributed by atoms with Gasteiger partial charge in [-0.1, -0.05) is 6.07 Å². The second kappa shape index (κ2) is 5.15. The quantitative estimate of drug-likeness (QED) is 0.803. The van der Waals surface area contributed by atoms with Crippen molar-refractivity contribution < 1.29 is 13.5 Å². The summed E-state index contributed by atoms with van der Waals surface area (Å²) in [6.07, 6.45) is 1.25. The van der Waals surface area contributed by atoms with Crippen LogP contribution >= 0.6 is 0 Å². The Morgan fingerprint density at radius 1 is 1.26 bits per heavy atom. The number of nitrogens with zero attached hydrogens (tertiary/aromatic N) is 4. The number of aromatic nitrogens is 4. The van der Waals surface area contributed by atoms with E-state index in [2.05, 4.69) is 15.1 Å². The summed E-state index contributed by atoms with van der Waals surface area (Å²) in [5.41, 5.74) is 6.40. The summed E-state index contributed by atoms with van der Waals surface area (Å²) in [6, 6.07) is 5.60. The minimum atomic E-state index is -0.828. The summed E-state index contributed by atoms with van der Waals surface area (Å²) in [6.45, 7) is 0. The second-order valence-corrected chi connectivity index (χ2v) is 5.49. The Labute approximate surface area is 129 Å². The Balaban J connectivity index is 1.79. The van der Waals surface area contributed by atoms with Gasteiger partial charge in [0.25, 0.3) is 5.88 Å². The zero-order chi connectivity index (χ0) is 16.0. The van der Waals surface area contributed by atoms with Crippen molar-refractivity contribution in [2.75, 3.05) is 5.73 Å². The highest BCUT2D eigenvalue weighted by Gasteiger charge is 2.33. The highest BCUT2D eigenvalue weighted by Crippen LogP contribution is 2.39. The van der Waals surface area contributed by atoms with Gasteiger partial charge in [0.15, 0.2) is 5.65 Å². The maximum absolute atomic E-state index is 13.3. The number of fused-ring (bicyclic) bond motifs is 1. The monoisotopic (exact) mass is 317 g/mol. The summed E-state index contributed by atoms with van der Waals surface area (Å²) < 4.78 is 33.7. The van der Waals surface area contributed by atoms with E-state index in [-0.39, 0.29) is 23.5 Å². The van der Waals surface area contributed by atoms with Crippen LogP contribution in [0.15, 0.2) is 30.6 Å². The van der Waals surface area contributed by atoms with E-state index >= 15 is 0 Å². The van der Waals surface area contributed by atoms with Crippen LogP contribution in [0.3, 0.4) is 0 Å². The van der Waals surface area contributed by atoms with Gasteiger partial charge in [-0.05, 0) is 12.1 Å². The molecule has 2 aromatic heterocycles. The van der Waals surface area contributed by atoms with Gasteiger partial charge in [0.2, 0.25) is 0 Å². The predicted molar refractivity (Wildman–Crippen MR) is 79.4 cm³/mol. The minimum Gasteiger partial charge on any atom is -0.437 e. The van der Waals surface area contributed by atoms with Gasteiger partial charge in [-0.3, -0.25) is 0 Å². The molecule has 118 valence electrons. The molecule has 2 heterocycles. The Morgan fingerprint density at radius 2 is 2.09 bits per heavy atom. The molecule has 1 fully saturated rings. The van der Waals surface area contributed by atoms with Crippen molar-refractivity contribution in [2.24, 2.45) is 0 Å². The predicted octanol–water partition coefficient (Wildman–Crippen LogP) is 3.01. The van der Waals surface area contributed by atoms with E-state index in [1.165, 1.54) is 24.5 Å². The smallest absolute Gasteiger partial charge is 0.251 e. The third kappa shape index (κ3) is 2.36. The molecule has 6 nitrogen and oxygen atoms in total. The van der Waals surface area contributed by atoms with E-state index in [9.17, 15) is 8.78 Å². The van der Waals surface area contributed by atoms with Crippen LogP contribution in [0, 0.1) is 5.82 Å². The van der Waals surface area contributed by atoms with Crippen LogP contribution in [0.2, 0.25) is 0 Å². The lowest BCUT2D eigenvalue weighted by Crippen LogP contribution is -2.28. The lowest BCUT2D eigenvalue weighted by Gasteiger charge is -2.29. The molecule has 4 rings (SSSR count). The molecule has 2 N–H and O–H groups in total. The fraction of sp³-hybridized carbons (Fsp3) is 0.267. The number of alkyl halides is 1. The molecule has 0 atom stereocenters. The zero-order valence-corrected chi connectivity index (χ0v) is 12.0. The van der Waals surface area contributed by atoms with Crippen LogP contribution in [-0.4, -0.2) is 25.9 Å². The van der Waals surface area contributed by atoms with Gasteiger partial charge in [0.05, 0.1) is 6.04 Å². The van der Waals surface area contributed by atoms with Crippen molar-refractivity contribution >= 4 is 16.9 Å². The molecule has 3 aromatic rings. The van der Waals surface area contributed by atoms with Gasteiger partial charge in [0.1, 0.15) is 35.3 Å². The first-order valence-electron chi connectivity index (χ1n) is 7.18. The number of halogens is 2. The number of hydrogen-bond donors (Lipinski definition) is 1. The molecule has 0 aliphatic heterocycles. The number of ether oxygens (including phenoxy) is 1. The topological polar surface area (TPSA) is 78.8 Å². The highest BCUT2D eigenvalue weighted by atomic mass is 19.1. The van der Waals surface area contributed by atoms with Gasteiger partial charge in [-0.15, -0.1) is 5.10 Å². The third-order valence-electron chi connectivity index (χ3n) is 3.90. The highest BCUT2D eigenvalue weighted by molar-refractivity contribution is 5.90. The van der Waals surface area contributed by atoms with Gasteiger partial charge in [0, 0.05) is 18.9 Å². The Bertz CT molecular complexity index is 875. The standard InChI is InChI=1S/C15H13F2N5O/c16-8-2-1-3-11(6-8)23-15-12-13(18)19-7-20-14(12)22(21-15)10-4-9(17)5-10/h1-3,6-7,9-10H,4-5H2,(H2,18,19,20)/t9-,10-. The molecule has 0 bridgehead atoms. The Kier molecular flexibility index (Phi) is 3.10. The molecule has 0 saturated heterocycles. The average molecular weight is 317 g/mol. The minimum absolute atomic E-state index is 0.0911. The van der Waals surface area contributed by atoms with Crippen LogP contribution in [0.5, 0.6) is 11.6 Å². The molecule has 0 spiro atoms. The van der Waals surface area contributed by atoms with Crippen LogP contribution in [0.25, 0.3) is 11.0 Å². The fourth-order valence-electron chi connectivity index (χ4n) is 2.65. The van der Waals surface area contributed by atoms with Crippen LogP contribution < -0.4 is 10.5 Å². The van der Waals surface area contributed by atoms with E-state index in [1.807, 2.05) is 0 Å². The van der Waals surface area contributed by atoms with Gasteiger partial charge >= 0.3 is 0 Å². The molecular weight excluding hydrogens is 304 g/mol. The fourth-order valence-corrected chi connectivity index (χ4v) is 2.65. The number of rotatable bonds is 3.